The van der Waals surface area contributed by atoms with Gasteiger partial charge in [0.15, 0.2) is 0 Å². The number of hydrogen-bond donors (Lipinski definition) is 1. The summed E-state index contributed by atoms with van der Waals surface area (Å²) in [5.41, 5.74) is 1.38. The number of nitriles is 1. The molecule has 1 saturated heterocycles. The molecular formula is C19H20F2N4O. The number of benzene rings is 1. The lowest BCUT2D eigenvalue weighted by atomic mass is 9.93. The molecule has 1 N–H and O–H groups in total. The van der Waals surface area contributed by atoms with Crippen LogP contribution in [0, 0.1) is 17.2 Å². The van der Waals surface area contributed by atoms with Crippen molar-refractivity contribution in [1.82, 2.24) is 10.3 Å². The summed E-state index contributed by atoms with van der Waals surface area (Å²) in [4.78, 5) is 18.5. The number of alkyl halides is 2. The zero-order valence-electron chi connectivity index (χ0n) is 14.3. The zero-order chi connectivity index (χ0) is 18.5. The largest absolute Gasteiger partial charge is 0.357 e. The summed E-state index contributed by atoms with van der Waals surface area (Å²) in [5, 5.41) is 12.5. The topological polar surface area (TPSA) is 69.0 Å². The van der Waals surface area contributed by atoms with Crippen LogP contribution in [0.2, 0.25) is 0 Å². The molecule has 1 aromatic carbocycles. The third-order valence-electron chi connectivity index (χ3n) is 4.69. The highest BCUT2D eigenvalue weighted by molar-refractivity contribution is 5.86. The van der Waals surface area contributed by atoms with E-state index in [9.17, 15) is 18.8 Å². The molecule has 0 bridgehead atoms. The molecule has 5 nitrogen and oxygen atoms in total. The highest BCUT2D eigenvalue weighted by atomic mass is 19.3. The molecule has 0 aliphatic carbocycles. The maximum absolute atomic E-state index is 12.1. The smallest absolute Gasteiger partial charge is 0.255 e. The predicted molar refractivity (Wildman–Crippen MR) is 95.0 cm³/mol. The molecule has 136 valence electrons. The van der Waals surface area contributed by atoms with Crippen LogP contribution in [-0.2, 0) is 4.79 Å². The standard InChI is InChI=1S/C19H20F2N4O/c20-17(21)12-23-19(26)9-13-5-7-25(8-6-13)18-10-14(11-22)15-3-1-2-4-16(15)24-18/h1-4,10,13,17H,5-9,12H2,(H,23,26). The first-order valence-corrected chi connectivity index (χ1v) is 8.66. The Labute approximate surface area is 150 Å². The molecule has 0 unspecified atom stereocenters. The van der Waals surface area contributed by atoms with E-state index in [0.717, 1.165) is 42.7 Å². The Kier molecular flexibility index (Phi) is 5.61. The van der Waals surface area contributed by atoms with Crippen LogP contribution in [0.3, 0.4) is 0 Å². The maximum atomic E-state index is 12.1. The number of rotatable bonds is 5. The fourth-order valence-electron chi connectivity index (χ4n) is 3.31. The molecule has 1 fully saturated rings. The number of aromatic nitrogens is 1. The lowest BCUT2D eigenvalue weighted by Crippen LogP contribution is -2.37. The van der Waals surface area contributed by atoms with E-state index in [1.165, 1.54) is 0 Å². The number of nitrogens with one attached hydrogen (secondary N) is 1. The Bertz CT molecular complexity index is 826. The Morgan fingerprint density at radius 3 is 2.77 bits per heavy atom. The Morgan fingerprint density at radius 2 is 2.08 bits per heavy atom. The normalized spacial score (nSPS) is 15.2. The number of pyridine rings is 1. The minimum absolute atomic E-state index is 0.180. The summed E-state index contributed by atoms with van der Waals surface area (Å²) in [6.07, 6.45) is -0.666. The van der Waals surface area contributed by atoms with Crippen LogP contribution in [0.1, 0.15) is 24.8 Å². The molecular weight excluding hydrogens is 338 g/mol. The number of nitrogens with zero attached hydrogens (tertiary/aromatic N) is 3. The van der Waals surface area contributed by atoms with Crippen molar-refractivity contribution in [2.24, 2.45) is 5.92 Å². The number of halogens is 2. The zero-order valence-corrected chi connectivity index (χ0v) is 14.3. The van der Waals surface area contributed by atoms with Crippen molar-refractivity contribution >= 4 is 22.6 Å². The van der Waals surface area contributed by atoms with Gasteiger partial charge in [0, 0.05) is 24.9 Å². The molecule has 0 spiro atoms. The van der Waals surface area contributed by atoms with E-state index in [2.05, 4.69) is 21.3 Å². The van der Waals surface area contributed by atoms with Gasteiger partial charge in [0.25, 0.3) is 6.43 Å². The lowest BCUT2D eigenvalue weighted by molar-refractivity contribution is -0.122. The monoisotopic (exact) mass is 358 g/mol. The summed E-state index contributed by atoms with van der Waals surface area (Å²) < 4.78 is 24.3. The van der Waals surface area contributed by atoms with E-state index >= 15 is 0 Å². The van der Waals surface area contributed by atoms with Gasteiger partial charge in [-0.15, -0.1) is 0 Å². The molecule has 1 aromatic heterocycles. The Hall–Kier alpha value is -2.75. The summed E-state index contributed by atoms with van der Waals surface area (Å²) in [6.45, 7) is 0.863. The average molecular weight is 358 g/mol. The number of carbonyl (C=O) groups is 1. The second-order valence-corrected chi connectivity index (χ2v) is 6.49. The molecule has 3 rings (SSSR count). The van der Waals surface area contributed by atoms with Gasteiger partial charge in [-0.05, 0) is 30.9 Å². The molecule has 1 aliphatic heterocycles. The Morgan fingerprint density at radius 1 is 1.35 bits per heavy atom. The van der Waals surface area contributed by atoms with Crippen molar-refractivity contribution in [1.29, 1.82) is 5.26 Å². The van der Waals surface area contributed by atoms with E-state index in [1.807, 2.05) is 24.3 Å². The molecule has 2 heterocycles. The molecule has 0 atom stereocenters. The number of hydrogen-bond acceptors (Lipinski definition) is 4. The van der Waals surface area contributed by atoms with Gasteiger partial charge in [-0.25, -0.2) is 13.8 Å². The minimum atomic E-state index is -2.52. The highest BCUT2D eigenvalue weighted by Gasteiger charge is 2.23. The van der Waals surface area contributed by atoms with E-state index in [1.54, 1.807) is 6.07 Å². The second kappa shape index (κ2) is 8.09. The van der Waals surface area contributed by atoms with Gasteiger partial charge in [-0.2, -0.15) is 5.26 Å². The first kappa shape index (κ1) is 18.1. The van der Waals surface area contributed by atoms with Gasteiger partial charge in [0.05, 0.1) is 23.7 Å². The van der Waals surface area contributed by atoms with Crippen molar-refractivity contribution in [2.45, 2.75) is 25.7 Å². The first-order valence-electron chi connectivity index (χ1n) is 8.66. The second-order valence-electron chi connectivity index (χ2n) is 6.49. The minimum Gasteiger partial charge on any atom is -0.357 e. The number of piperidine rings is 1. The number of fused-ring (bicyclic) bond motifs is 1. The Balaban J connectivity index is 1.62. The molecule has 7 heteroatoms. The van der Waals surface area contributed by atoms with E-state index in [0.29, 0.717) is 5.56 Å². The van der Waals surface area contributed by atoms with Crippen LogP contribution in [0.4, 0.5) is 14.6 Å². The fourth-order valence-corrected chi connectivity index (χ4v) is 3.31. The van der Waals surface area contributed by atoms with Gasteiger partial charge in [-0.3, -0.25) is 4.79 Å². The quantitative estimate of drug-likeness (QED) is 0.892. The third kappa shape index (κ3) is 4.26. The summed E-state index contributed by atoms with van der Waals surface area (Å²) in [6, 6.07) is 11.6. The SMILES string of the molecule is N#Cc1cc(N2CCC(CC(=O)NCC(F)F)CC2)nc2ccccc12. The molecule has 0 radical (unpaired) electrons. The van der Waals surface area contributed by atoms with Gasteiger partial charge in [0.1, 0.15) is 5.82 Å². The van der Waals surface area contributed by atoms with Crippen LogP contribution >= 0.6 is 0 Å². The lowest BCUT2D eigenvalue weighted by Gasteiger charge is -2.32. The van der Waals surface area contributed by atoms with E-state index < -0.39 is 13.0 Å². The first-order chi connectivity index (χ1) is 12.6. The maximum Gasteiger partial charge on any atom is 0.255 e. The van der Waals surface area contributed by atoms with E-state index in [-0.39, 0.29) is 18.2 Å². The van der Waals surface area contributed by atoms with Crippen LogP contribution in [0.25, 0.3) is 10.9 Å². The van der Waals surface area contributed by atoms with Crippen molar-refractivity contribution in [3.05, 3.63) is 35.9 Å². The summed E-state index contributed by atoms with van der Waals surface area (Å²) in [5.74, 6) is 0.625. The summed E-state index contributed by atoms with van der Waals surface area (Å²) >= 11 is 0. The molecule has 0 saturated carbocycles. The van der Waals surface area contributed by atoms with Crippen LogP contribution < -0.4 is 10.2 Å². The van der Waals surface area contributed by atoms with Crippen LogP contribution in [-0.4, -0.2) is 37.0 Å². The molecule has 2 aromatic rings. The van der Waals surface area contributed by atoms with Gasteiger partial charge < -0.3 is 10.2 Å². The molecule has 1 aliphatic rings. The van der Waals surface area contributed by atoms with Crippen LogP contribution in [0.5, 0.6) is 0 Å². The number of anilines is 1. The highest BCUT2D eigenvalue weighted by Crippen LogP contribution is 2.27. The predicted octanol–water partition coefficient (Wildman–Crippen LogP) is 3.09. The fraction of sp³-hybridized carbons (Fsp3) is 0.421. The van der Waals surface area contributed by atoms with Crippen molar-refractivity contribution < 1.29 is 13.6 Å². The van der Waals surface area contributed by atoms with Gasteiger partial charge in [-0.1, -0.05) is 18.2 Å². The van der Waals surface area contributed by atoms with Gasteiger partial charge >= 0.3 is 0 Å². The number of amides is 1. The van der Waals surface area contributed by atoms with Crippen LogP contribution in [0.15, 0.2) is 30.3 Å². The molecule has 1 amide bonds. The van der Waals surface area contributed by atoms with Gasteiger partial charge in [0.2, 0.25) is 5.91 Å². The van der Waals surface area contributed by atoms with Crippen molar-refractivity contribution in [2.75, 3.05) is 24.5 Å². The summed E-state index contributed by atoms with van der Waals surface area (Å²) in [7, 11) is 0. The van der Waals surface area contributed by atoms with E-state index in [4.69, 9.17) is 0 Å². The number of carbonyl (C=O) groups excluding carboxylic acids is 1. The van der Waals surface area contributed by atoms with Crippen molar-refractivity contribution in [3.8, 4) is 6.07 Å². The number of para-hydroxylation sites is 1. The molecule has 26 heavy (non-hydrogen) atoms. The van der Waals surface area contributed by atoms with Crippen molar-refractivity contribution in [3.63, 3.8) is 0 Å². The average Bonchev–Trinajstić information content (AvgIpc) is 2.66. The third-order valence-corrected chi connectivity index (χ3v) is 4.69.